The van der Waals surface area contributed by atoms with E-state index in [2.05, 4.69) is 35.6 Å². The van der Waals surface area contributed by atoms with Gasteiger partial charge in [0.2, 0.25) is 0 Å². The Balaban J connectivity index is 1.75. The summed E-state index contributed by atoms with van der Waals surface area (Å²) in [5.41, 5.74) is 3.29. The van der Waals surface area contributed by atoms with E-state index in [1.54, 1.807) is 6.07 Å². The zero-order valence-electron chi connectivity index (χ0n) is 12.5. The highest BCUT2D eigenvalue weighted by Gasteiger charge is 2.22. The summed E-state index contributed by atoms with van der Waals surface area (Å²) >= 11 is 0. The van der Waals surface area contributed by atoms with Crippen LogP contribution in [-0.4, -0.2) is 12.6 Å². The summed E-state index contributed by atoms with van der Waals surface area (Å²) in [7, 11) is 0. The zero-order valence-corrected chi connectivity index (χ0v) is 12.5. The predicted molar refractivity (Wildman–Crippen MR) is 85.0 cm³/mol. The van der Waals surface area contributed by atoms with E-state index in [0.29, 0.717) is 12.0 Å². The average Bonchev–Trinajstić information content (AvgIpc) is 3.32. The van der Waals surface area contributed by atoms with E-state index in [0.717, 1.165) is 18.5 Å². The van der Waals surface area contributed by atoms with E-state index < -0.39 is 0 Å². The van der Waals surface area contributed by atoms with Crippen molar-refractivity contribution in [2.45, 2.75) is 38.1 Å². The van der Waals surface area contributed by atoms with Crippen LogP contribution in [-0.2, 0) is 6.42 Å². The molecule has 1 N–H and O–H groups in total. The standard InChI is InChI=1S/C19H22FN/c1-14-11-15(7-10-19(14)20)12-17(13-21-18-8-9-18)16-5-3-2-4-6-16/h2-7,10-11,17-18,21H,8-9,12-13H2,1H3. The highest BCUT2D eigenvalue weighted by molar-refractivity contribution is 5.28. The van der Waals surface area contributed by atoms with Crippen LogP contribution in [0.3, 0.4) is 0 Å². The van der Waals surface area contributed by atoms with Crippen LogP contribution in [0.25, 0.3) is 0 Å². The van der Waals surface area contributed by atoms with Crippen molar-refractivity contribution in [1.82, 2.24) is 5.32 Å². The highest BCUT2D eigenvalue weighted by Crippen LogP contribution is 2.24. The van der Waals surface area contributed by atoms with Gasteiger partial charge < -0.3 is 5.32 Å². The van der Waals surface area contributed by atoms with Gasteiger partial charge in [0.1, 0.15) is 5.82 Å². The second kappa shape index (κ2) is 6.40. The Morgan fingerprint density at radius 2 is 1.90 bits per heavy atom. The molecule has 0 aromatic heterocycles. The summed E-state index contributed by atoms with van der Waals surface area (Å²) in [6, 6.07) is 16.8. The van der Waals surface area contributed by atoms with Gasteiger partial charge in [0.15, 0.2) is 0 Å². The van der Waals surface area contributed by atoms with Gasteiger partial charge in [-0.2, -0.15) is 0 Å². The normalized spacial score (nSPS) is 15.9. The third kappa shape index (κ3) is 3.92. The summed E-state index contributed by atoms with van der Waals surface area (Å²) in [6.45, 7) is 2.82. The Kier molecular flexibility index (Phi) is 4.35. The molecule has 1 aliphatic carbocycles. The van der Waals surface area contributed by atoms with Gasteiger partial charge >= 0.3 is 0 Å². The summed E-state index contributed by atoms with van der Waals surface area (Å²) in [5, 5.41) is 3.63. The van der Waals surface area contributed by atoms with Crippen LogP contribution < -0.4 is 5.32 Å². The zero-order chi connectivity index (χ0) is 14.7. The Morgan fingerprint density at radius 3 is 2.57 bits per heavy atom. The first-order valence-corrected chi connectivity index (χ1v) is 7.76. The lowest BCUT2D eigenvalue weighted by Gasteiger charge is -2.19. The lowest BCUT2D eigenvalue weighted by molar-refractivity contribution is 0.575. The molecule has 1 nitrogen and oxygen atoms in total. The number of rotatable bonds is 6. The maximum absolute atomic E-state index is 13.4. The average molecular weight is 283 g/mol. The molecule has 0 amide bonds. The summed E-state index contributed by atoms with van der Waals surface area (Å²) in [6.07, 6.45) is 3.55. The van der Waals surface area contributed by atoms with Crippen molar-refractivity contribution in [3.8, 4) is 0 Å². The van der Waals surface area contributed by atoms with Crippen molar-refractivity contribution >= 4 is 0 Å². The number of hydrogen-bond acceptors (Lipinski definition) is 1. The van der Waals surface area contributed by atoms with Crippen molar-refractivity contribution in [2.75, 3.05) is 6.54 Å². The third-order valence-electron chi connectivity index (χ3n) is 4.21. The summed E-state index contributed by atoms with van der Waals surface area (Å²) < 4.78 is 13.4. The Morgan fingerprint density at radius 1 is 1.14 bits per heavy atom. The second-order valence-corrected chi connectivity index (χ2v) is 6.08. The minimum absolute atomic E-state index is 0.119. The van der Waals surface area contributed by atoms with E-state index in [4.69, 9.17) is 0 Å². The van der Waals surface area contributed by atoms with Crippen molar-refractivity contribution in [1.29, 1.82) is 0 Å². The van der Waals surface area contributed by atoms with Gasteiger partial charge in [-0.05, 0) is 48.9 Å². The molecule has 0 aliphatic heterocycles. The molecule has 1 fully saturated rings. The van der Waals surface area contributed by atoms with Crippen molar-refractivity contribution in [3.63, 3.8) is 0 Å². The molecule has 0 saturated heterocycles. The number of aryl methyl sites for hydroxylation is 1. The summed E-state index contributed by atoms with van der Waals surface area (Å²) in [4.78, 5) is 0. The van der Waals surface area contributed by atoms with Crippen LogP contribution >= 0.6 is 0 Å². The first-order valence-electron chi connectivity index (χ1n) is 7.76. The molecule has 21 heavy (non-hydrogen) atoms. The molecule has 0 spiro atoms. The molecule has 2 aromatic rings. The molecule has 1 saturated carbocycles. The van der Waals surface area contributed by atoms with Gasteiger partial charge in [-0.3, -0.25) is 0 Å². The van der Waals surface area contributed by atoms with Crippen LogP contribution in [0.15, 0.2) is 48.5 Å². The minimum atomic E-state index is -0.119. The molecule has 0 heterocycles. The molecular formula is C19H22FN. The number of nitrogens with one attached hydrogen (secondary N) is 1. The molecule has 2 aromatic carbocycles. The third-order valence-corrected chi connectivity index (χ3v) is 4.21. The van der Waals surface area contributed by atoms with E-state index in [1.807, 2.05) is 19.1 Å². The first-order chi connectivity index (χ1) is 10.2. The molecular weight excluding hydrogens is 261 g/mol. The van der Waals surface area contributed by atoms with Crippen molar-refractivity contribution in [3.05, 3.63) is 71.0 Å². The van der Waals surface area contributed by atoms with Crippen LogP contribution in [0.5, 0.6) is 0 Å². The number of halogens is 1. The number of benzene rings is 2. The minimum Gasteiger partial charge on any atom is -0.313 e. The maximum Gasteiger partial charge on any atom is 0.126 e. The van der Waals surface area contributed by atoms with Gasteiger partial charge in [-0.25, -0.2) is 4.39 Å². The Hall–Kier alpha value is -1.67. The SMILES string of the molecule is Cc1cc(CC(CNC2CC2)c2ccccc2)ccc1F. The van der Waals surface area contributed by atoms with Crippen molar-refractivity contribution < 1.29 is 4.39 Å². The largest absolute Gasteiger partial charge is 0.313 e. The van der Waals surface area contributed by atoms with Gasteiger partial charge in [0, 0.05) is 18.5 Å². The monoisotopic (exact) mass is 283 g/mol. The molecule has 0 radical (unpaired) electrons. The molecule has 1 aliphatic rings. The van der Waals surface area contributed by atoms with E-state index in [1.165, 1.54) is 24.0 Å². The fourth-order valence-electron chi connectivity index (χ4n) is 2.75. The Labute approximate surface area is 126 Å². The smallest absolute Gasteiger partial charge is 0.126 e. The second-order valence-electron chi connectivity index (χ2n) is 6.08. The number of hydrogen-bond donors (Lipinski definition) is 1. The first kappa shape index (κ1) is 14.3. The molecule has 3 rings (SSSR count). The van der Waals surface area contributed by atoms with E-state index in [9.17, 15) is 4.39 Å². The quantitative estimate of drug-likeness (QED) is 0.837. The summed E-state index contributed by atoms with van der Waals surface area (Å²) in [5.74, 6) is 0.322. The molecule has 0 bridgehead atoms. The van der Waals surface area contributed by atoms with Crippen LogP contribution in [0.4, 0.5) is 4.39 Å². The van der Waals surface area contributed by atoms with Gasteiger partial charge in [0.25, 0.3) is 0 Å². The van der Waals surface area contributed by atoms with Gasteiger partial charge in [-0.15, -0.1) is 0 Å². The Bertz CT molecular complexity index is 590. The van der Waals surface area contributed by atoms with E-state index in [-0.39, 0.29) is 5.82 Å². The van der Waals surface area contributed by atoms with Gasteiger partial charge in [-0.1, -0.05) is 42.5 Å². The molecule has 1 atom stereocenters. The molecule has 2 heteroatoms. The highest BCUT2D eigenvalue weighted by atomic mass is 19.1. The van der Waals surface area contributed by atoms with Crippen LogP contribution in [0, 0.1) is 12.7 Å². The van der Waals surface area contributed by atoms with E-state index >= 15 is 0 Å². The predicted octanol–water partition coefficient (Wildman–Crippen LogP) is 4.21. The fourth-order valence-corrected chi connectivity index (χ4v) is 2.75. The lowest BCUT2D eigenvalue weighted by Crippen LogP contribution is -2.24. The topological polar surface area (TPSA) is 12.0 Å². The molecule has 1 unspecified atom stereocenters. The lowest BCUT2D eigenvalue weighted by atomic mass is 9.91. The maximum atomic E-state index is 13.4. The fraction of sp³-hybridized carbons (Fsp3) is 0.368. The van der Waals surface area contributed by atoms with Crippen molar-refractivity contribution in [2.24, 2.45) is 0 Å². The molecule has 110 valence electrons. The van der Waals surface area contributed by atoms with Crippen LogP contribution in [0.1, 0.15) is 35.4 Å². The van der Waals surface area contributed by atoms with Gasteiger partial charge in [0.05, 0.1) is 0 Å². The van der Waals surface area contributed by atoms with Crippen LogP contribution in [0.2, 0.25) is 0 Å².